The highest BCUT2D eigenvalue weighted by atomic mass is 32.2. The summed E-state index contributed by atoms with van der Waals surface area (Å²) >= 11 is 0. The van der Waals surface area contributed by atoms with Crippen LogP contribution in [0.1, 0.15) is 6.92 Å². The monoisotopic (exact) mass is 296 g/mol. The number of sulfonamides is 1. The lowest BCUT2D eigenvalue weighted by molar-refractivity contribution is 0.521. The minimum absolute atomic E-state index is 0.135. The number of nitrogens with two attached hydrogens (primary N) is 1. The standard InChI is InChI=1S/C13H20N4O2S/c1-10(8-14)9-17(4)13-6-5-11(7-12(13)15)20(18,19)16(2)3/h5-7,10H,9,15H2,1-4H3. The molecule has 2 N–H and O–H groups in total. The first-order valence-corrected chi connectivity index (χ1v) is 7.57. The van der Waals surface area contributed by atoms with Gasteiger partial charge in [0.15, 0.2) is 0 Å². The number of rotatable bonds is 5. The molecule has 110 valence electrons. The van der Waals surface area contributed by atoms with E-state index in [1.807, 2.05) is 18.9 Å². The molecule has 1 atom stereocenters. The highest BCUT2D eigenvalue weighted by Gasteiger charge is 2.19. The lowest BCUT2D eigenvalue weighted by Gasteiger charge is -2.23. The number of anilines is 2. The minimum Gasteiger partial charge on any atom is -0.397 e. The van der Waals surface area contributed by atoms with E-state index in [1.54, 1.807) is 6.07 Å². The van der Waals surface area contributed by atoms with Gasteiger partial charge in [-0.05, 0) is 25.1 Å². The third-order valence-corrected chi connectivity index (χ3v) is 4.77. The quantitative estimate of drug-likeness (QED) is 0.822. The summed E-state index contributed by atoms with van der Waals surface area (Å²) in [7, 11) is 1.28. The Bertz CT molecular complexity index is 620. The SMILES string of the molecule is CC(C#N)CN(C)c1ccc(S(=O)(=O)N(C)C)cc1N. The zero-order chi connectivity index (χ0) is 15.5. The number of benzene rings is 1. The molecule has 0 aliphatic heterocycles. The number of nitrogens with zero attached hydrogens (tertiary/aromatic N) is 3. The summed E-state index contributed by atoms with van der Waals surface area (Å²) in [5, 5.41) is 8.82. The van der Waals surface area contributed by atoms with Crippen LogP contribution in [0.4, 0.5) is 11.4 Å². The van der Waals surface area contributed by atoms with Gasteiger partial charge in [-0.2, -0.15) is 5.26 Å². The molecule has 0 heterocycles. The van der Waals surface area contributed by atoms with Gasteiger partial charge in [0.2, 0.25) is 10.0 Å². The maximum absolute atomic E-state index is 12.0. The topological polar surface area (TPSA) is 90.4 Å². The van der Waals surface area contributed by atoms with E-state index in [9.17, 15) is 8.42 Å². The van der Waals surface area contributed by atoms with Crippen molar-refractivity contribution in [2.45, 2.75) is 11.8 Å². The second-order valence-electron chi connectivity index (χ2n) is 4.92. The van der Waals surface area contributed by atoms with Gasteiger partial charge in [-0.15, -0.1) is 0 Å². The van der Waals surface area contributed by atoms with E-state index in [1.165, 1.54) is 26.2 Å². The van der Waals surface area contributed by atoms with Gasteiger partial charge in [-0.1, -0.05) is 0 Å². The van der Waals surface area contributed by atoms with Crippen LogP contribution in [-0.4, -0.2) is 40.4 Å². The van der Waals surface area contributed by atoms with Crippen LogP contribution >= 0.6 is 0 Å². The smallest absolute Gasteiger partial charge is 0.242 e. The predicted octanol–water partition coefficient (Wildman–Crippen LogP) is 1.11. The van der Waals surface area contributed by atoms with Crippen LogP contribution in [0.5, 0.6) is 0 Å². The summed E-state index contributed by atoms with van der Waals surface area (Å²) < 4.78 is 25.1. The first-order valence-electron chi connectivity index (χ1n) is 6.13. The van der Waals surface area contributed by atoms with E-state index in [0.29, 0.717) is 17.9 Å². The third-order valence-electron chi connectivity index (χ3n) is 2.96. The third kappa shape index (κ3) is 3.40. The van der Waals surface area contributed by atoms with Crippen LogP contribution in [-0.2, 0) is 10.0 Å². The number of nitrogen functional groups attached to an aromatic ring is 1. The van der Waals surface area contributed by atoms with Crippen molar-refractivity contribution in [1.29, 1.82) is 5.26 Å². The number of nitriles is 1. The van der Waals surface area contributed by atoms with Crippen molar-refractivity contribution < 1.29 is 8.42 Å². The van der Waals surface area contributed by atoms with Crippen molar-refractivity contribution in [2.24, 2.45) is 5.92 Å². The zero-order valence-corrected chi connectivity index (χ0v) is 13.0. The summed E-state index contributed by atoms with van der Waals surface area (Å²) in [5.41, 5.74) is 7.02. The van der Waals surface area contributed by atoms with E-state index in [2.05, 4.69) is 6.07 Å². The summed E-state index contributed by atoms with van der Waals surface area (Å²) in [6.45, 7) is 2.35. The fourth-order valence-electron chi connectivity index (χ4n) is 1.80. The van der Waals surface area contributed by atoms with E-state index < -0.39 is 10.0 Å². The molecule has 1 aromatic rings. The molecule has 7 heteroatoms. The van der Waals surface area contributed by atoms with Crippen molar-refractivity contribution >= 4 is 21.4 Å². The lowest BCUT2D eigenvalue weighted by Crippen LogP contribution is -2.25. The molecule has 0 radical (unpaired) electrons. The van der Waals surface area contributed by atoms with E-state index in [-0.39, 0.29) is 10.8 Å². The van der Waals surface area contributed by atoms with Gasteiger partial charge in [0.05, 0.1) is 28.3 Å². The molecule has 0 bridgehead atoms. The first kappa shape index (κ1) is 16.3. The molecule has 0 saturated carbocycles. The lowest BCUT2D eigenvalue weighted by atomic mass is 10.2. The molecule has 0 aliphatic carbocycles. The van der Waals surface area contributed by atoms with Gasteiger partial charge < -0.3 is 10.6 Å². The van der Waals surface area contributed by atoms with Gasteiger partial charge in [-0.25, -0.2) is 12.7 Å². The zero-order valence-electron chi connectivity index (χ0n) is 12.2. The Balaban J connectivity index is 3.10. The fraction of sp³-hybridized carbons (Fsp3) is 0.462. The Morgan fingerprint density at radius 2 is 1.95 bits per heavy atom. The van der Waals surface area contributed by atoms with Crippen LogP contribution in [0.15, 0.2) is 23.1 Å². The van der Waals surface area contributed by atoms with Crippen LogP contribution in [0.25, 0.3) is 0 Å². The molecule has 1 rings (SSSR count). The van der Waals surface area contributed by atoms with Crippen LogP contribution in [0.3, 0.4) is 0 Å². The Morgan fingerprint density at radius 1 is 1.35 bits per heavy atom. The van der Waals surface area contributed by atoms with Crippen LogP contribution in [0.2, 0.25) is 0 Å². The molecule has 1 aromatic carbocycles. The van der Waals surface area contributed by atoms with Gasteiger partial charge in [0.1, 0.15) is 0 Å². The predicted molar refractivity (Wildman–Crippen MR) is 79.8 cm³/mol. The Kier molecular flexibility index (Phi) is 4.98. The number of hydrogen-bond donors (Lipinski definition) is 1. The average molecular weight is 296 g/mol. The highest BCUT2D eigenvalue weighted by molar-refractivity contribution is 7.89. The van der Waals surface area contributed by atoms with E-state index >= 15 is 0 Å². The van der Waals surface area contributed by atoms with Crippen LogP contribution < -0.4 is 10.6 Å². The molecular weight excluding hydrogens is 276 g/mol. The maximum atomic E-state index is 12.0. The normalized spacial score (nSPS) is 13.0. The van der Waals surface area contributed by atoms with Crippen molar-refractivity contribution in [3.8, 4) is 6.07 Å². The van der Waals surface area contributed by atoms with Gasteiger partial charge >= 0.3 is 0 Å². The molecule has 0 aliphatic rings. The van der Waals surface area contributed by atoms with Crippen LogP contribution in [0, 0.1) is 17.2 Å². The Labute approximate surface area is 120 Å². The summed E-state index contributed by atoms with van der Waals surface area (Å²) in [6.07, 6.45) is 0. The molecule has 20 heavy (non-hydrogen) atoms. The second kappa shape index (κ2) is 6.11. The summed E-state index contributed by atoms with van der Waals surface area (Å²) in [5.74, 6) is -0.135. The maximum Gasteiger partial charge on any atom is 0.242 e. The van der Waals surface area contributed by atoms with E-state index in [4.69, 9.17) is 11.0 Å². The molecule has 0 saturated heterocycles. The second-order valence-corrected chi connectivity index (χ2v) is 7.07. The van der Waals surface area contributed by atoms with Crippen molar-refractivity contribution in [1.82, 2.24) is 4.31 Å². The molecule has 1 unspecified atom stereocenters. The molecule has 0 fully saturated rings. The minimum atomic E-state index is -3.49. The van der Waals surface area contributed by atoms with Gasteiger partial charge in [-0.3, -0.25) is 0 Å². The van der Waals surface area contributed by atoms with Crippen molar-refractivity contribution in [2.75, 3.05) is 38.3 Å². The Morgan fingerprint density at radius 3 is 2.40 bits per heavy atom. The summed E-state index contributed by atoms with van der Waals surface area (Å²) in [6, 6.07) is 6.78. The largest absolute Gasteiger partial charge is 0.397 e. The number of hydrogen-bond acceptors (Lipinski definition) is 5. The average Bonchev–Trinajstić information content (AvgIpc) is 2.37. The van der Waals surface area contributed by atoms with Gasteiger partial charge in [0, 0.05) is 27.7 Å². The van der Waals surface area contributed by atoms with Gasteiger partial charge in [0.25, 0.3) is 0 Å². The molecule has 6 nitrogen and oxygen atoms in total. The Hall–Kier alpha value is -1.78. The summed E-state index contributed by atoms with van der Waals surface area (Å²) in [4.78, 5) is 2.00. The molecule has 0 aromatic heterocycles. The van der Waals surface area contributed by atoms with Crippen molar-refractivity contribution in [3.63, 3.8) is 0 Å². The molecule has 0 spiro atoms. The first-order chi connectivity index (χ1) is 9.20. The van der Waals surface area contributed by atoms with Crippen molar-refractivity contribution in [3.05, 3.63) is 18.2 Å². The van der Waals surface area contributed by atoms with E-state index in [0.717, 1.165) is 4.31 Å². The fourth-order valence-corrected chi connectivity index (χ4v) is 2.74. The highest BCUT2D eigenvalue weighted by Crippen LogP contribution is 2.26. The molecular formula is C13H20N4O2S. The molecule has 0 amide bonds.